The number of nitrogens with zero attached hydrogens (tertiary/aromatic N) is 1. The highest BCUT2D eigenvalue weighted by Crippen LogP contribution is 2.48. The largest absolute Gasteiger partial charge is 0.461 e. The van der Waals surface area contributed by atoms with Crippen LogP contribution >= 0.6 is 0 Å². The average molecular weight is 489 g/mol. The Bertz CT molecular complexity index is 1040. The highest BCUT2D eigenvalue weighted by molar-refractivity contribution is 5.97. The molecule has 5 heteroatoms. The first-order valence-corrected chi connectivity index (χ1v) is 13.4. The molecule has 0 bridgehead atoms. The molecule has 3 rings (SSSR count). The Balaban J connectivity index is 1.67. The molecule has 1 N–H and O–H groups in total. The van der Waals surface area contributed by atoms with E-state index in [1.165, 1.54) is 12.8 Å². The number of hydrogen-bond donors (Lipinski definition) is 1. The first-order chi connectivity index (χ1) is 17.4. The van der Waals surface area contributed by atoms with E-state index in [1.807, 2.05) is 56.3 Å². The predicted octanol–water partition coefficient (Wildman–Crippen LogP) is 7.39. The maximum absolute atomic E-state index is 13.6. The average Bonchev–Trinajstić information content (AvgIpc) is 2.85. The maximum atomic E-state index is 13.6. The van der Waals surface area contributed by atoms with Crippen molar-refractivity contribution in [3.8, 4) is 6.07 Å². The minimum absolute atomic E-state index is 0.0425. The van der Waals surface area contributed by atoms with Gasteiger partial charge in [0.15, 0.2) is 0 Å². The van der Waals surface area contributed by atoms with E-state index in [-0.39, 0.29) is 24.4 Å². The second-order valence-electron chi connectivity index (χ2n) is 10.5. The van der Waals surface area contributed by atoms with Crippen molar-refractivity contribution >= 4 is 17.6 Å². The summed E-state index contributed by atoms with van der Waals surface area (Å²) in [5, 5.41) is 12.4. The third-order valence-corrected chi connectivity index (χ3v) is 7.54. The van der Waals surface area contributed by atoms with Crippen molar-refractivity contribution in [3.63, 3.8) is 0 Å². The SMILES string of the molecule is CCCCCCC(CC(=O)OCc1ccccc1)CC1(C(=O)Nc2c(C)cc(C#N)cc2C)CCC1. The van der Waals surface area contributed by atoms with Crippen LogP contribution in [0.2, 0.25) is 0 Å². The maximum Gasteiger partial charge on any atom is 0.306 e. The molecule has 2 aromatic rings. The Morgan fingerprint density at radius 3 is 2.36 bits per heavy atom. The number of carbonyl (C=O) groups is 2. The van der Waals surface area contributed by atoms with Crippen LogP contribution in [0.25, 0.3) is 0 Å². The minimum Gasteiger partial charge on any atom is -0.461 e. The van der Waals surface area contributed by atoms with Gasteiger partial charge >= 0.3 is 5.97 Å². The Morgan fingerprint density at radius 1 is 1.08 bits per heavy atom. The molecule has 5 nitrogen and oxygen atoms in total. The van der Waals surface area contributed by atoms with E-state index in [0.717, 1.165) is 60.9 Å². The van der Waals surface area contributed by atoms with E-state index in [0.29, 0.717) is 18.4 Å². The van der Waals surface area contributed by atoms with Crippen molar-refractivity contribution in [2.75, 3.05) is 5.32 Å². The van der Waals surface area contributed by atoms with Crippen LogP contribution in [0.4, 0.5) is 5.69 Å². The van der Waals surface area contributed by atoms with Gasteiger partial charge in [0.25, 0.3) is 0 Å². The number of unbranched alkanes of at least 4 members (excludes halogenated alkanes) is 3. The van der Waals surface area contributed by atoms with Gasteiger partial charge in [-0.3, -0.25) is 9.59 Å². The summed E-state index contributed by atoms with van der Waals surface area (Å²) in [4.78, 5) is 26.4. The lowest BCUT2D eigenvalue weighted by molar-refractivity contribution is -0.147. The Morgan fingerprint density at radius 2 is 1.78 bits per heavy atom. The van der Waals surface area contributed by atoms with Crippen LogP contribution in [0.3, 0.4) is 0 Å². The van der Waals surface area contributed by atoms with Gasteiger partial charge in [0, 0.05) is 17.5 Å². The minimum atomic E-state index is -0.443. The van der Waals surface area contributed by atoms with Crippen LogP contribution in [0, 0.1) is 36.5 Å². The summed E-state index contributed by atoms with van der Waals surface area (Å²) in [5.41, 5.74) is 3.73. The van der Waals surface area contributed by atoms with Crippen LogP contribution in [-0.2, 0) is 20.9 Å². The third-order valence-electron chi connectivity index (χ3n) is 7.54. The fourth-order valence-electron chi connectivity index (χ4n) is 5.32. The van der Waals surface area contributed by atoms with Crippen molar-refractivity contribution in [2.45, 2.75) is 91.6 Å². The molecule has 0 heterocycles. The summed E-state index contributed by atoms with van der Waals surface area (Å²) < 4.78 is 5.60. The van der Waals surface area contributed by atoms with Gasteiger partial charge in [-0.2, -0.15) is 5.26 Å². The molecule has 36 heavy (non-hydrogen) atoms. The molecular formula is C31H40N2O3. The normalized spacial score (nSPS) is 14.8. The Kier molecular flexibility index (Phi) is 10.1. The molecule has 0 radical (unpaired) electrons. The van der Waals surface area contributed by atoms with Crippen molar-refractivity contribution in [3.05, 3.63) is 64.7 Å². The molecule has 2 aromatic carbocycles. The van der Waals surface area contributed by atoms with E-state index in [2.05, 4.69) is 18.3 Å². The van der Waals surface area contributed by atoms with Crippen LogP contribution in [0.1, 0.15) is 93.4 Å². The molecular weight excluding hydrogens is 448 g/mol. The van der Waals surface area contributed by atoms with Gasteiger partial charge in [-0.25, -0.2) is 0 Å². The van der Waals surface area contributed by atoms with Crippen molar-refractivity contribution in [1.29, 1.82) is 5.26 Å². The molecule has 1 amide bonds. The lowest BCUT2D eigenvalue weighted by Gasteiger charge is -2.42. The number of nitrogens with one attached hydrogen (secondary N) is 1. The smallest absolute Gasteiger partial charge is 0.306 e. The molecule has 1 unspecified atom stereocenters. The zero-order valence-corrected chi connectivity index (χ0v) is 22.1. The Hall–Kier alpha value is -3.13. The number of carbonyl (C=O) groups excluding carboxylic acids is 2. The van der Waals surface area contributed by atoms with Gasteiger partial charge in [-0.1, -0.05) is 69.4 Å². The number of esters is 1. The van der Waals surface area contributed by atoms with Gasteiger partial charge in [-0.05, 0) is 74.3 Å². The summed E-state index contributed by atoms with van der Waals surface area (Å²) in [5.74, 6) is -0.0202. The molecule has 0 aromatic heterocycles. The molecule has 0 spiro atoms. The lowest BCUT2D eigenvalue weighted by atomic mass is 9.62. The van der Waals surface area contributed by atoms with Gasteiger partial charge in [0.1, 0.15) is 6.61 Å². The zero-order chi connectivity index (χ0) is 26.0. The highest BCUT2D eigenvalue weighted by atomic mass is 16.5. The first-order valence-electron chi connectivity index (χ1n) is 13.4. The number of rotatable bonds is 13. The number of benzene rings is 2. The van der Waals surface area contributed by atoms with Gasteiger partial charge in [0.2, 0.25) is 5.91 Å². The van der Waals surface area contributed by atoms with E-state index in [9.17, 15) is 14.9 Å². The number of hydrogen-bond acceptors (Lipinski definition) is 4. The van der Waals surface area contributed by atoms with Crippen LogP contribution in [-0.4, -0.2) is 11.9 Å². The monoisotopic (exact) mass is 488 g/mol. The van der Waals surface area contributed by atoms with Crippen molar-refractivity contribution in [1.82, 2.24) is 0 Å². The number of aryl methyl sites for hydroxylation is 2. The van der Waals surface area contributed by atoms with E-state index in [1.54, 1.807) is 0 Å². The second kappa shape index (κ2) is 13.3. The predicted molar refractivity (Wildman–Crippen MR) is 143 cm³/mol. The highest BCUT2D eigenvalue weighted by Gasteiger charge is 2.45. The third kappa shape index (κ3) is 7.43. The fraction of sp³-hybridized carbons (Fsp3) is 0.516. The van der Waals surface area contributed by atoms with E-state index >= 15 is 0 Å². The number of nitriles is 1. The molecule has 1 aliphatic rings. The van der Waals surface area contributed by atoms with Gasteiger partial charge < -0.3 is 10.1 Å². The van der Waals surface area contributed by atoms with Crippen molar-refractivity contribution < 1.29 is 14.3 Å². The molecule has 0 aliphatic heterocycles. The first kappa shape index (κ1) is 27.5. The van der Waals surface area contributed by atoms with E-state index < -0.39 is 5.41 Å². The van der Waals surface area contributed by atoms with Crippen LogP contribution in [0.5, 0.6) is 0 Å². The summed E-state index contributed by atoms with van der Waals surface area (Å²) in [7, 11) is 0. The summed E-state index contributed by atoms with van der Waals surface area (Å²) in [6.07, 6.45) is 9.28. The second-order valence-corrected chi connectivity index (χ2v) is 10.5. The standard InChI is InChI=1S/C31H40N2O3/c1-4-5-6-8-14-26(19-28(34)36-22-25-12-9-7-10-13-25)20-31(15-11-16-31)30(35)33-29-23(2)17-27(21-32)18-24(29)3/h7,9-10,12-13,17-18,26H,4-6,8,11,14-16,19-20,22H2,1-3H3,(H,33,35). The fourth-order valence-corrected chi connectivity index (χ4v) is 5.32. The number of ether oxygens (including phenoxy) is 1. The van der Waals surface area contributed by atoms with Crippen LogP contribution in [0.15, 0.2) is 42.5 Å². The molecule has 1 atom stereocenters. The molecule has 192 valence electrons. The summed E-state index contributed by atoms with van der Waals surface area (Å²) in [6, 6.07) is 15.5. The Labute approximate surface area is 216 Å². The molecule has 1 aliphatic carbocycles. The number of amides is 1. The van der Waals surface area contributed by atoms with E-state index in [4.69, 9.17) is 4.74 Å². The zero-order valence-electron chi connectivity index (χ0n) is 22.1. The summed E-state index contributed by atoms with van der Waals surface area (Å²) >= 11 is 0. The van der Waals surface area contributed by atoms with Crippen LogP contribution < -0.4 is 5.32 Å². The topological polar surface area (TPSA) is 79.2 Å². The van der Waals surface area contributed by atoms with Gasteiger partial charge in [0.05, 0.1) is 11.6 Å². The molecule has 1 fully saturated rings. The number of anilines is 1. The molecule has 0 saturated heterocycles. The summed E-state index contributed by atoms with van der Waals surface area (Å²) in [6.45, 7) is 6.33. The van der Waals surface area contributed by atoms with Crippen molar-refractivity contribution in [2.24, 2.45) is 11.3 Å². The lowest BCUT2D eigenvalue weighted by Crippen LogP contribution is -2.44. The molecule has 1 saturated carbocycles. The van der Waals surface area contributed by atoms with Gasteiger partial charge in [-0.15, -0.1) is 0 Å². The quantitative estimate of drug-likeness (QED) is 0.235.